The van der Waals surface area contributed by atoms with E-state index in [1.165, 1.54) is 6.07 Å². The molecule has 0 saturated carbocycles. The monoisotopic (exact) mass is 411 g/mol. The van der Waals surface area contributed by atoms with Gasteiger partial charge in [0, 0.05) is 6.42 Å². The third kappa shape index (κ3) is 4.57. The fraction of sp³-hybridized carbons (Fsp3) is 0.619. The van der Waals surface area contributed by atoms with Crippen molar-refractivity contribution in [3.8, 4) is 0 Å². The molecule has 0 radical (unpaired) electrons. The van der Waals surface area contributed by atoms with Gasteiger partial charge in [-0.05, 0) is 58.0 Å². The molecule has 0 bridgehead atoms. The van der Waals surface area contributed by atoms with E-state index in [4.69, 9.17) is 0 Å². The summed E-state index contributed by atoms with van der Waals surface area (Å²) in [6.45, 7) is 2.07. The summed E-state index contributed by atoms with van der Waals surface area (Å²) in [6, 6.07) is 4.42. The second-order valence-corrected chi connectivity index (χ2v) is 8.61. The molecule has 2 fully saturated rings. The highest BCUT2D eigenvalue weighted by molar-refractivity contribution is 5.81. The van der Waals surface area contributed by atoms with E-state index >= 15 is 0 Å². The SMILES string of the molecule is CN(C)CC(=O)N1[C@H]2CCCCC(=O)N[C@@]2(C)C[C@H]1c1cccc(C(F)(F)F)c1. The van der Waals surface area contributed by atoms with Crippen LogP contribution in [0.3, 0.4) is 0 Å². The minimum absolute atomic E-state index is 0.0677. The molecule has 0 aromatic heterocycles. The third-order valence-electron chi connectivity index (χ3n) is 5.92. The van der Waals surface area contributed by atoms with Gasteiger partial charge in [-0.15, -0.1) is 0 Å². The molecule has 1 N–H and O–H groups in total. The number of alkyl halides is 3. The van der Waals surface area contributed by atoms with E-state index in [1.807, 2.05) is 6.92 Å². The highest BCUT2D eigenvalue weighted by Gasteiger charge is 2.52. The topological polar surface area (TPSA) is 52.7 Å². The first-order chi connectivity index (χ1) is 13.5. The maximum Gasteiger partial charge on any atom is 0.416 e. The Balaban J connectivity index is 2.04. The number of carbonyl (C=O) groups excluding carboxylic acids is 2. The van der Waals surface area contributed by atoms with Gasteiger partial charge in [-0.2, -0.15) is 13.2 Å². The molecule has 1 aromatic rings. The van der Waals surface area contributed by atoms with Crippen LogP contribution in [-0.2, 0) is 15.8 Å². The van der Waals surface area contributed by atoms with E-state index in [-0.39, 0.29) is 24.4 Å². The van der Waals surface area contributed by atoms with Crippen LogP contribution in [0.2, 0.25) is 0 Å². The largest absolute Gasteiger partial charge is 0.416 e. The lowest BCUT2D eigenvalue weighted by Gasteiger charge is -2.38. The van der Waals surface area contributed by atoms with Crippen molar-refractivity contribution in [1.82, 2.24) is 15.1 Å². The van der Waals surface area contributed by atoms with Gasteiger partial charge in [-0.3, -0.25) is 9.59 Å². The molecule has 1 aromatic carbocycles. The van der Waals surface area contributed by atoms with Crippen molar-refractivity contribution in [2.24, 2.45) is 0 Å². The Morgan fingerprint density at radius 2 is 2.03 bits per heavy atom. The van der Waals surface area contributed by atoms with Crippen LogP contribution < -0.4 is 5.32 Å². The van der Waals surface area contributed by atoms with Gasteiger partial charge in [0.05, 0.1) is 29.7 Å². The molecular weight excluding hydrogens is 383 g/mol. The lowest BCUT2D eigenvalue weighted by molar-refractivity contribution is -0.137. The summed E-state index contributed by atoms with van der Waals surface area (Å²) >= 11 is 0. The Bertz CT molecular complexity index is 781. The summed E-state index contributed by atoms with van der Waals surface area (Å²) in [5.74, 6) is -0.206. The summed E-state index contributed by atoms with van der Waals surface area (Å²) in [5, 5.41) is 3.07. The maximum atomic E-state index is 13.3. The molecule has 0 aliphatic carbocycles. The molecule has 3 rings (SSSR count). The Hall–Kier alpha value is -2.09. The van der Waals surface area contributed by atoms with Gasteiger partial charge in [0.2, 0.25) is 11.8 Å². The Morgan fingerprint density at radius 1 is 1.31 bits per heavy atom. The van der Waals surface area contributed by atoms with Crippen molar-refractivity contribution in [2.45, 2.75) is 62.8 Å². The molecule has 29 heavy (non-hydrogen) atoms. The van der Waals surface area contributed by atoms with Crippen LogP contribution in [0.25, 0.3) is 0 Å². The fourth-order valence-electron chi connectivity index (χ4n) is 4.66. The summed E-state index contributed by atoms with van der Waals surface area (Å²) in [4.78, 5) is 28.9. The summed E-state index contributed by atoms with van der Waals surface area (Å²) in [5.41, 5.74) is -0.944. The van der Waals surface area contributed by atoms with E-state index in [0.29, 0.717) is 24.8 Å². The van der Waals surface area contributed by atoms with Crippen LogP contribution >= 0.6 is 0 Å². The van der Waals surface area contributed by atoms with Crippen LogP contribution in [0.15, 0.2) is 24.3 Å². The Labute approximate surface area is 169 Å². The minimum Gasteiger partial charge on any atom is -0.349 e. The van der Waals surface area contributed by atoms with Crippen molar-refractivity contribution in [1.29, 1.82) is 0 Å². The number of hydrogen-bond donors (Lipinski definition) is 1. The van der Waals surface area contributed by atoms with E-state index < -0.39 is 23.3 Å². The quantitative estimate of drug-likeness (QED) is 0.830. The zero-order valence-corrected chi connectivity index (χ0v) is 17.1. The molecule has 2 saturated heterocycles. The first-order valence-electron chi connectivity index (χ1n) is 9.95. The number of rotatable bonds is 3. The third-order valence-corrected chi connectivity index (χ3v) is 5.92. The summed E-state index contributed by atoms with van der Waals surface area (Å²) in [6.07, 6.45) is -1.37. The second-order valence-electron chi connectivity index (χ2n) is 8.61. The predicted octanol–water partition coefficient (Wildman–Crippen LogP) is 3.36. The van der Waals surface area contributed by atoms with Gasteiger partial charge < -0.3 is 15.1 Å². The number of carbonyl (C=O) groups is 2. The molecule has 0 spiro atoms. The van der Waals surface area contributed by atoms with Gasteiger partial charge in [-0.1, -0.05) is 18.6 Å². The van der Waals surface area contributed by atoms with Crippen molar-refractivity contribution in [2.75, 3.05) is 20.6 Å². The van der Waals surface area contributed by atoms with Crippen LogP contribution in [0, 0.1) is 0 Å². The molecule has 3 atom stereocenters. The number of nitrogens with one attached hydrogen (secondary N) is 1. The number of fused-ring (bicyclic) bond motifs is 1. The summed E-state index contributed by atoms with van der Waals surface area (Å²) in [7, 11) is 3.57. The van der Waals surface area contributed by atoms with E-state index in [2.05, 4.69) is 5.32 Å². The van der Waals surface area contributed by atoms with Gasteiger partial charge in [0.25, 0.3) is 0 Å². The standard InChI is InChI=1S/C21H28F3N3O2/c1-20-12-16(14-7-6-8-15(11-14)21(22,23)24)27(19(29)13-26(2)3)17(20)9-4-5-10-18(28)25-20/h6-8,11,16-17H,4-5,9-10,12-13H2,1-3H3,(H,25,28)/t16-,17-,20-/m0/s1. The van der Waals surface area contributed by atoms with Gasteiger partial charge in [-0.25, -0.2) is 0 Å². The average Bonchev–Trinajstić information content (AvgIpc) is 2.88. The van der Waals surface area contributed by atoms with Gasteiger partial charge in [0.15, 0.2) is 0 Å². The number of halogens is 3. The smallest absolute Gasteiger partial charge is 0.349 e. The van der Waals surface area contributed by atoms with Crippen LogP contribution in [0.5, 0.6) is 0 Å². The lowest BCUT2D eigenvalue weighted by atomic mass is 9.85. The number of amides is 2. The fourth-order valence-corrected chi connectivity index (χ4v) is 4.66. The molecule has 2 amide bonds. The lowest BCUT2D eigenvalue weighted by Crippen LogP contribution is -2.57. The van der Waals surface area contributed by atoms with E-state index in [1.54, 1.807) is 30.0 Å². The Kier molecular flexibility index (Phi) is 5.94. The second kappa shape index (κ2) is 7.97. The number of likely N-dealkylation sites (N-methyl/N-ethyl adjacent to an activating group) is 1. The highest BCUT2D eigenvalue weighted by atomic mass is 19.4. The number of hydrogen-bond acceptors (Lipinski definition) is 3. The van der Waals surface area contributed by atoms with Gasteiger partial charge >= 0.3 is 6.18 Å². The zero-order chi connectivity index (χ0) is 21.4. The molecule has 2 aliphatic rings. The number of benzene rings is 1. The molecule has 8 heteroatoms. The van der Waals surface area contributed by atoms with E-state index in [9.17, 15) is 22.8 Å². The van der Waals surface area contributed by atoms with Crippen molar-refractivity contribution in [3.63, 3.8) is 0 Å². The van der Waals surface area contributed by atoms with Crippen molar-refractivity contribution >= 4 is 11.8 Å². The van der Waals surface area contributed by atoms with Crippen molar-refractivity contribution < 1.29 is 22.8 Å². The highest BCUT2D eigenvalue weighted by Crippen LogP contribution is 2.46. The van der Waals surface area contributed by atoms with Gasteiger partial charge in [0.1, 0.15) is 0 Å². The molecular formula is C21H28F3N3O2. The van der Waals surface area contributed by atoms with E-state index in [0.717, 1.165) is 25.0 Å². The number of nitrogens with zero attached hydrogens (tertiary/aromatic N) is 2. The zero-order valence-electron chi connectivity index (χ0n) is 17.1. The predicted molar refractivity (Wildman–Crippen MR) is 103 cm³/mol. The first kappa shape index (κ1) is 21.6. The minimum atomic E-state index is -4.45. The van der Waals surface area contributed by atoms with Crippen LogP contribution in [0.4, 0.5) is 13.2 Å². The molecule has 160 valence electrons. The normalized spacial score (nSPS) is 28.0. The molecule has 2 aliphatic heterocycles. The van der Waals surface area contributed by atoms with Crippen LogP contribution in [0.1, 0.15) is 56.2 Å². The first-order valence-corrected chi connectivity index (χ1v) is 9.95. The molecule has 0 unspecified atom stereocenters. The molecule has 5 nitrogen and oxygen atoms in total. The van der Waals surface area contributed by atoms with Crippen LogP contribution in [-0.4, -0.2) is 53.8 Å². The summed E-state index contributed by atoms with van der Waals surface area (Å²) < 4.78 is 39.8. The van der Waals surface area contributed by atoms with Crippen molar-refractivity contribution in [3.05, 3.63) is 35.4 Å². The maximum absolute atomic E-state index is 13.3. The average molecular weight is 411 g/mol. The Morgan fingerprint density at radius 3 is 2.69 bits per heavy atom. The number of likely N-dealkylation sites (tertiary alicyclic amines) is 1. The molecule has 2 heterocycles.